The summed E-state index contributed by atoms with van der Waals surface area (Å²) in [5, 5.41) is 18.5. The molecule has 1 aliphatic heterocycles. The Bertz CT molecular complexity index is 152. The summed E-state index contributed by atoms with van der Waals surface area (Å²) in [5.74, 6) is -1.66. The molecule has 58 valence electrons. The highest BCUT2D eigenvalue weighted by molar-refractivity contribution is 5.06. The molecule has 1 heterocycles. The Balaban J connectivity index is 2.15. The van der Waals surface area contributed by atoms with Crippen LogP contribution >= 0.6 is 0 Å². The van der Waals surface area contributed by atoms with Crippen LogP contribution in [0.25, 0.3) is 0 Å². The maximum Gasteiger partial charge on any atom is 0.255 e. The first-order valence-electron chi connectivity index (χ1n) is 3.65. The molecule has 0 radical (unpaired) electrons. The van der Waals surface area contributed by atoms with Gasteiger partial charge in [0.05, 0.1) is 0 Å². The predicted molar refractivity (Wildman–Crippen MR) is 34.6 cm³/mol. The van der Waals surface area contributed by atoms with E-state index in [1.54, 1.807) is 0 Å². The predicted octanol–water partition coefficient (Wildman–Crippen LogP) is -0.955. The monoisotopic (exact) mass is 144 g/mol. The number of hydrazine groups is 1. The Hall–Kier alpha value is -0.160. The lowest BCUT2D eigenvalue weighted by Crippen LogP contribution is -2.84. The molecule has 0 bridgehead atoms. The van der Waals surface area contributed by atoms with E-state index in [-0.39, 0.29) is 0 Å². The fourth-order valence-electron chi connectivity index (χ4n) is 1.80. The lowest BCUT2D eigenvalue weighted by atomic mass is 9.90. The van der Waals surface area contributed by atoms with Gasteiger partial charge in [0.25, 0.3) is 5.91 Å². The molecule has 0 aromatic heterocycles. The van der Waals surface area contributed by atoms with Gasteiger partial charge >= 0.3 is 0 Å². The third-order valence-electron chi connectivity index (χ3n) is 2.60. The Kier molecular flexibility index (Phi) is 1.12. The third kappa shape index (κ3) is 0.594. The van der Waals surface area contributed by atoms with Crippen molar-refractivity contribution in [2.45, 2.75) is 37.1 Å². The van der Waals surface area contributed by atoms with E-state index < -0.39 is 11.4 Å². The molecule has 0 aromatic rings. The minimum Gasteiger partial charge on any atom is -0.351 e. The van der Waals surface area contributed by atoms with E-state index in [0.29, 0.717) is 0 Å². The maximum absolute atomic E-state index is 9.25. The standard InChI is InChI=1S/C6H12N2O2/c9-6(10)5(7-8-6)3-1-2-4-5/h7-10H,1-4H2. The maximum atomic E-state index is 9.25. The van der Waals surface area contributed by atoms with E-state index in [1.807, 2.05) is 0 Å². The van der Waals surface area contributed by atoms with Crippen molar-refractivity contribution in [2.24, 2.45) is 0 Å². The second kappa shape index (κ2) is 1.71. The SMILES string of the molecule is OC1(O)NNC12CCCC2. The van der Waals surface area contributed by atoms with Crippen LogP contribution in [0, 0.1) is 0 Å². The van der Waals surface area contributed by atoms with Gasteiger partial charge in [0, 0.05) is 0 Å². The zero-order valence-electron chi connectivity index (χ0n) is 5.72. The highest BCUT2D eigenvalue weighted by Gasteiger charge is 2.58. The number of nitrogens with one attached hydrogen (secondary N) is 2. The second-order valence-electron chi connectivity index (χ2n) is 3.21. The molecule has 4 N–H and O–H groups in total. The van der Waals surface area contributed by atoms with Crippen LogP contribution in [-0.2, 0) is 0 Å². The third-order valence-corrected chi connectivity index (χ3v) is 2.60. The van der Waals surface area contributed by atoms with E-state index >= 15 is 0 Å². The second-order valence-corrected chi connectivity index (χ2v) is 3.21. The molecule has 4 heteroatoms. The fourth-order valence-corrected chi connectivity index (χ4v) is 1.80. The fraction of sp³-hybridized carbons (Fsp3) is 1.00. The highest BCUT2D eigenvalue weighted by atomic mass is 16.5. The minimum atomic E-state index is -1.66. The first-order valence-corrected chi connectivity index (χ1v) is 3.65. The average molecular weight is 144 g/mol. The topological polar surface area (TPSA) is 64.5 Å². The summed E-state index contributed by atoms with van der Waals surface area (Å²) in [5.41, 5.74) is 4.80. The Morgan fingerprint density at radius 3 is 1.80 bits per heavy atom. The Labute approximate surface area is 59.2 Å². The summed E-state index contributed by atoms with van der Waals surface area (Å²) in [6, 6.07) is 0. The number of rotatable bonds is 0. The highest BCUT2D eigenvalue weighted by Crippen LogP contribution is 2.39. The molecule has 1 saturated heterocycles. The molecular weight excluding hydrogens is 132 g/mol. The Morgan fingerprint density at radius 2 is 1.60 bits per heavy atom. The molecule has 0 unspecified atom stereocenters. The van der Waals surface area contributed by atoms with Gasteiger partial charge in [-0.3, -0.25) is 0 Å². The zero-order chi connectivity index (χ0) is 7.24. The van der Waals surface area contributed by atoms with Crippen LogP contribution in [0.15, 0.2) is 0 Å². The van der Waals surface area contributed by atoms with E-state index in [0.717, 1.165) is 25.7 Å². The van der Waals surface area contributed by atoms with E-state index in [4.69, 9.17) is 0 Å². The first kappa shape index (κ1) is 6.54. The first-order chi connectivity index (χ1) is 4.66. The molecular formula is C6H12N2O2. The van der Waals surface area contributed by atoms with Gasteiger partial charge in [-0.25, -0.2) is 10.9 Å². The molecule has 0 aromatic carbocycles. The molecule has 4 nitrogen and oxygen atoms in total. The molecule has 1 saturated carbocycles. The van der Waals surface area contributed by atoms with Crippen LogP contribution in [0.1, 0.15) is 25.7 Å². The molecule has 2 rings (SSSR count). The van der Waals surface area contributed by atoms with Gasteiger partial charge in [-0.1, -0.05) is 12.8 Å². The lowest BCUT2D eigenvalue weighted by Gasteiger charge is -2.51. The normalized spacial score (nSPS) is 34.2. The van der Waals surface area contributed by atoms with Crippen LogP contribution in [0.3, 0.4) is 0 Å². The summed E-state index contributed by atoms with van der Waals surface area (Å²) in [6.07, 6.45) is 3.87. The van der Waals surface area contributed by atoms with Crippen LogP contribution in [0.5, 0.6) is 0 Å². The molecule has 10 heavy (non-hydrogen) atoms. The van der Waals surface area contributed by atoms with Crippen molar-refractivity contribution in [3.8, 4) is 0 Å². The van der Waals surface area contributed by atoms with Crippen molar-refractivity contribution in [1.82, 2.24) is 10.9 Å². The van der Waals surface area contributed by atoms with Gasteiger partial charge < -0.3 is 10.2 Å². The Morgan fingerprint density at radius 1 is 1.00 bits per heavy atom. The summed E-state index contributed by atoms with van der Waals surface area (Å²) in [7, 11) is 0. The van der Waals surface area contributed by atoms with Crippen LogP contribution in [-0.4, -0.2) is 21.7 Å². The van der Waals surface area contributed by atoms with Crippen molar-refractivity contribution in [1.29, 1.82) is 0 Å². The number of aliphatic hydroxyl groups is 2. The number of hydrogen-bond donors (Lipinski definition) is 4. The molecule has 2 aliphatic rings. The van der Waals surface area contributed by atoms with Crippen LogP contribution in [0.2, 0.25) is 0 Å². The number of hydrogen-bond acceptors (Lipinski definition) is 4. The summed E-state index contributed by atoms with van der Waals surface area (Å²) >= 11 is 0. The smallest absolute Gasteiger partial charge is 0.255 e. The molecule has 2 fully saturated rings. The van der Waals surface area contributed by atoms with Gasteiger partial charge in [0.2, 0.25) is 0 Å². The molecule has 0 atom stereocenters. The van der Waals surface area contributed by atoms with Crippen LogP contribution in [0.4, 0.5) is 0 Å². The zero-order valence-corrected chi connectivity index (χ0v) is 5.72. The van der Waals surface area contributed by atoms with Gasteiger partial charge in [0.1, 0.15) is 5.54 Å². The molecule has 0 amide bonds. The molecule has 1 aliphatic carbocycles. The van der Waals surface area contributed by atoms with Crippen molar-refractivity contribution in [3.63, 3.8) is 0 Å². The average Bonchev–Trinajstić information content (AvgIpc) is 2.34. The summed E-state index contributed by atoms with van der Waals surface area (Å²) in [6.45, 7) is 0. The van der Waals surface area contributed by atoms with E-state index in [9.17, 15) is 10.2 Å². The quantitative estimate of drug-likeness (QED) is 0.331. The van der Waals surface area contributed by atoms with Gasteiger partial charge in [-0.15, -0.1) is 0 Å². The summed E-state index contributed by atoms with van der Waals surface area (Å²) in [4.78, 5) is 0. The van der Waals surface area contributed by atoms with Crippen LogP contribution < -0.4 is 10.9 Å². The van der Waals surface area contributed by atoms with Gasteiger partial charge in [0.15, 0.2) is 0 Å². The minimum absolute atomic E-state index is 0.437. The van der Waals surface area contributed by atoms with Gasteiger partial charge in [-0.05, 0) is 12.8 Å². The lowest BCUT2D eigenvalue weighted by molar-refractivity contribution is -0.310. The van der Waals surface area contributed by atoms with Crippen molar-refractivity contribution < 1.29 is 10.2 Å². The summed E-state index contributed by atoms with van der Waals surface area (Å²) < 4.78 is 0. The van der Waals surface area contributed by atoms with Crippen molar-refractivity contribution in [3.05, 3.63) is 0 Å². The van der Waals surface area contributed by atoms with E-state index in [2.05, 4.69) is 10.9 Å². The van der Waals surface area contributed by atoms with Crippen molar-refractivity contribution in [2.75, 3.05) is 0 Å². The molecule has 1 spiro atoms. The largest absolute Gasteiger partial charge is 0.351 e. The van der Waals surface area contributed by atoms with E-state index in [1.165, 1.54) is 0 Å². The van der Waals surface area contributed by atoms with Gasteiger partial charge in [-0.2, -0.15) is 0 Å². The van der Waals surface area contributed by atoms with Crippen molar-refractivity contribution >= 4 is 0 Å².